The van der Waals surface area contributed by atoms with E-state index in [9.17, 15) is 9.59 Å². The minimum Gasteiger partial charge on any atom is -0.481 e. The van der Waals surface area contributed by atoms with Gasteiger partial charge in [-0.2, -0.15) is 0 Å². The summed E-state index contributed by atoms with van der Waals surface area (Å²) in [6, 6.07) is -0.338. The van der Waals surface area contributed by atoms with Crippen molar-refractivity contribution < 1.29 is 19.4 Å². The number of allylic oxidation sites excluding steroid dienone is 1. The smallest absolute Gasteiger partial charge is 0.311 e. The molecule has 5 nitrogen and oxygen atoms in total. The van der Waals surface area contributed by atoms with Crippen molar-refractivity contribution in [2.75, 3.05) is 19.8 Å². The zero-order valence-electron chi connectivity index (χ0n) is 10.1. The van der Waals surface area contributed by atoms with Gasteiger partial charge < -0.3 is 14.7 Å². The normalized spacial score (nSPS) is 23.4. The first-order valence-electron chi connectivity index (χ1n) is 5.82. The van der Waals surface area contributed by atoms with E-state index in [1.165, 1.54) is 0 Å². The Bertz CT molecular complexity index is 303. The number of carbonyl (C=O) groups excluding carboxylic acids is 1. The van der Waals surface area contributed by atoms with Crippen LogP contribution in [-0.4, -0.2) is 47.7 Å². The molecule has 1 N–H and O–H groups in total. The van der Waals surface area contributed by atoms with Crippen LogP contribution in [0.4, 0.5) is 0 Å². The molecule has 5 heteroatoms. The lowest BCUT2D eigenvalue weighted by Crippen LogP contribution is -2.46. The van der Waals surface area contributed by atoms with E-state index < -0.39 is 11.9 Å². The summed E-state index contributed by atoms with van der Waals surface area (Å²) in [7, 11) is 0. The number of ether oxygens (including phenoxy) is 1. The summed E-state index contributed by atoms with van der Waals surface area (Å²) in [6.45, 7) is 6.42. The maximum absolute atomic E-state index is 11.9. The van der Waals surface area contributed by atoms with E-state index >= 15 is 0 Å². The highest BCUT2D eigenvalue weighted by Gasteiger charge is 2.39. The third-order valence-corrected chi connectivity index (χ3v) is 2.99. The fraction of sp³-hybridized carbons (Fsp3) is 0.667. The number of rotatable bonds is 6. The number of hydrogen-bond donors (Lipinski definition) is 1. The van der Waals surface area contributed by atoms with Gasteiger partial charge in [-0.1, -0.05) is 6.08 Å². The number of nitrogens with zero attached hydrogens (tertiary/aromatic N) is 1. The molecule has 2 unspecified atom stereocenters. The average Bonchev–Trinajstić information content (AvgIpc) is 2.76. The molecule has 0 aromatic carbocycles. The van der Waals surface area contributed by atoms with Crippen molar-refractivity contribution in [2.45, 2.75) is 25.8 Å². The molecule has 1 saturated heterocycles. The second-order valence-corrected chi connectivity index (χ2v) is 4.06. The van der Waals surface area contributed by atoms with Gasteiger partial charge in [-0.3, -0.25) is 9.59 Å². The van der Waals surface area contributed by atoms with Crippen molar-refractivity contribution in [2.24, 2.45) is 5.92 Å². The second kappa shape index (κ2) is 6.39. The summed E-state index contributed by atoms with van der Waals surface area (Å²) >= 11 is 0. The predicted octanol–water partition coefficient (Wildman–Crippen LogP) is 0.901. The van der Waals surface area contributed by atoms with Crippen LogP contribution in [0.15, 0.2) is 12.7 Å². The van der Waals surface area contributed by atoms with E-state index in [0.29, 0.717) is 26.0 Å². The van der Waals surface area contributed by atoms with Crippen molar-refractivity contribution in [1.82, 2.24) is 4.90 Å². The van der Waals surface area contributed by atoms with Crippen LogP contribution in [0, 0.1) is 5.92 Å². The summed E-state index contributed by atoms with van der Waals surface area (Å²) in [5, 5.41) is 9.05. The maximum Gasteiger partial charge on any atom is 0.311 e. The number of hydrogen-bond acceptors (Lipinski definition) is 3. The summed E-state index contributed by atoms with van der Waals surface area (Å²) in [6.07, 6.45) is 2.67. The van der Waals surface area contributed by atoms with Gasteiger partial charge in [-0.15, -0.1) is 6.58 Å². The Morgan fingerprint density at radius 1 is 1.53 bits per heavy atom. The predicted molar refractivity (Wildman–Crippen MR) is 62.6 cm³/mol. The monoisotopic (exact) mass is 241 g/mol. The molecular formula is C12H19NO4. The molecule has 0 bridgehead atoms. The highest BCUT2D eigenvalue weighted by molar-refractivity contribution is 5.78. The summed E-state index contributed by atoms with van der Waals surface area (Å²) < 4.78 is 5.17. The molecule has 17 heavy (non-hydrogen) atoms. The topological polar surface area (TPSA) is 66.8 Å². The molecule has 96 valence electrons. The largest absolute Gasteiger partial charge is 0.481 e. The van der Waals surface area contributed by atoms with Crippen LogP contribution in [0.2, 0.25) is 0 Å². The molecule has 1 rings (SSSR count). The van der Waals surface area contributed by atoms with Gasteiger partial charge in [-0.05, 0) is 13.3 Å². The first-order valence-corrected chi connectivity index (χ1v) is 5.82. The number of carbonyl (C=O) groups is 2. The van der Waals surface area contributed by atoms with Crippen LogP contribution in [0.1, 0.15) is 19.8 Å². The molecule has 2 atom stereocenters. The highest BCUT2D eigenvalue weighted by Crippen LogP contribution is 2.21. The SMILES string of the molecule is C=CCCC(=O)N(CC)C1COCC1C(=O)O. The molecule has 0 aliphatic carbocycles. The van der Waals surface area contributed by atoms with Gasteiger partial charge in [0.15, 0.2) is 0 Å². The molecule has 0 radical (unpaired) electrons. The molecule has 1 aliphatic rings. The van der Waals surface area contributed by atoms with Gasteiger partial charge >= 0.3 is 5.97 Å². The van der Waals surface area contributed by atoms with Gasteiger partial charge in [0, 0.05) is 13.0 Å². The van der Waals surface area contributed by atoms with Gasteiger partial charge in [0.1, 0.15) is 5.92 Å². The molecule has 1 fully saturated rings. The van der Waals surface area contributed by atoms with Crippen LogP contribution in [0.3, 0.4) is 0 Å². The van der Waals surface area contributed by atoms with Crippen molar-refractivity contribution >= 4 is 11.9 Å². The minimum atomic E-state index is -0.900. The summed E-state index contributed by atoms with van der Waals surface area (Å²) in [4.78, 5) is 24.6. The van der Waals surface area contributed by atoms with E-state index in [1.807, 2.05) is 6.92 Å². The number of carboxylic acid groups (broad SMARTS) is 1. The standard InChI is InChI=1S/C12H19NO4/c1-3-5-6-11(14)13(4-2)10-8-17-7-9(10)12(15)16/h3,9-10H,1,4-8H2,2H3,(H,15,16). The maximum atomic E-state index is 11.9. The van der Waals surface area contributed by atoms with Crippen molar-refractivity contribution in [3.8, 4) is 0 Å². The van der Waals surface area contributed by atoms with Crippen LogP contribution >= 0.6 is 0 Å². The minimum absolute atomic E-state index is 0.0332. The van der Waals surface area contributed by atoms with Crippen molar-refractivity contribution in [3.05, 3.63) is 12.7 Å². The lowest BCUT2D eigenvalue weighted by atomic mass is 10.0. The fourth-order valence-electron chi connectivity index (χ4n) is 2.05. The third kappa shape index (κ3) is 3.30. The zero-order valence-corrected chi connectivity index (χ0v) is 10.1. The quantitative estimate of drug-likeness (QED) is 0.702. The zero-order chi connectivity index (χ0) is 12.8. The first kappa shape index (κ1) is 13.7. The summed E-state index contributed by atoms with van der Waals surface area (Å²) in [5.74, 6) is -1.54. The fourth-order valence-corrected chi connectivity index (χ4v) is 2.05. The Morgan fingerprint density at radius 2 is 2.24 bits per heavy atom. The van der Waals surface area contributed by atoms with Crippen LogP contribution in [0.5, 0.6) is 0 Å². The van der Waals surface area contributed by atoms with Crippen molar-refractivity contribution in [3.63, 3.8) is 0 Å². The van der Waals surface area contributed by atoms with E-state index in [1.54, 1.807) is 11.0 Å². The Kier molecular flexibility index (Phi) is 5.15. The van der Waals surface area contributed by atoms with Gasteiger partial charge in [0.2, 0.25) is 5.91 Å². The Balaban J connectivity index is 2.68. The van der Waals surface area contributed by atoms with E-state index in [0.717, 1.165) is 0 Å². The lowest BCUT2D eigenvalue weighted by molar-refractivity contribution is -0.145. The Morgan fingerprint density at radius 3 is 2.76 bits per heavy atom. The average molecular weight is 241 g/mol. The number of amides is 1. The third-order valence-electron chi connectivity index (χ3n) is 2.99. The van der Waals surface area contributed by atoms with Crippen LogP contribution in [-0.2, 0) is 14.3 Å². The van der Waals surface area contributed by atoms with Crippen LogP contribution in [0.25, 0.3) is 0 Å². The molecular weight excluding hydrogens is 222 g/mol. The summed E-state index contributed by atoms with van der Waals surface area (Å²) in [5.41, 5.74) is 0. The Hall–Kier alpha value is -1.36. The van der Waals surface area contributed by atoms with E-state index in [4.69, 9.17) is 9.84 Å². The van der Waals surface area contributed by atoms with Gasteiger partial charge in [0.25, 0.3) is 0 Å². The van der Waals surface area contributed by atoms with Crippen LogP contribution < -0.4 is 0 Å². The molecule has 0 aromatic rings. The van der Waals surface area contributed by atoms with Gasteiger partial charge in [0.05, 0.1) is 19.3 Å². The molecule has 1 heterocycles. The van der Waals surface area contributed by atoms with E-state index in [-0.39, 0.29) is 18.6 Å². The number of aliphatic carboxylic acids is 1. The molecule has 0 aromatic heterocycles. The number of carboxylic acids is 1. The molecule has 1 aliphatic heterocycles. The number of likely N-dealkylation sites (N-methyl/N-ethyl adjacent to an activating group) is 1. The van der Waals surface area contributed by atoms with E-state index in [2.05, 4.69) is 6.58 Å². The lowest BCUT2D eigenvalue weighted by Gasteiger charge is -2.29. The Labute approximate surface area is 101 Å². The van der Waals surface area contributed by atoms with Crippen molar-refractivity contribution in [1.29, 1.82) is 0 Å². The second-order valence-electron chi connectivity index (χ2n) is 4.06. The molecule has 0 spiro atoms. The first-order chi connectivity index (χ1) is 8.11. The highest BCUT2D eigenvalue weighted by atomic mass is 16.5. The molecule has 0 saturated carbocycles. The molecule has 1 amide bonds. The van der Waals surface area contributed by atoms with Gasteiger partial charge in [-0.25, -0.2) is 0 Å².